The molecule has 0 aliphatic carbocycles. The molecule has 0 spiro atoms. The van der Waals surface area contributed by atoms with Gasteiger partial charge in [-0.15, -0.1) is 11.8 Å². The zero-order valence-corrected chi connectivity index (χ0v) is 14.1. The summed E-state index contributed by atoms with van der Waals surface area (Å²) in [6.45, 7) is 0. The maximum absolute atomic E-state index is 11.8. The highest BCUT2D eigenvalue weighted by atomic mass is 79.9. The maximum atomic E-state index is 11.8. The second-order valence-corrected chi connectivity index (χ2v) is 6.67. The number of halogens is 3. The van der Waals surface area contributed by atoms with Crippen LogP contribution in [0.3, 0.4) is 0 Å². The lowest BCUT2D eigenvalue weighted by atomic mass is 10.3. The van der Waals surface area contributed by atoms with Crippen molar-refractivity contribution < 1.29 is 4.79 Å². The van der Waals surface area contributed by atoms with Crippen LogP contribution in [0.4, 0.5) is 5.69 Å². The van der Waals surface area contributed by atoms with E-state index < -0.39 is 0 Å². The number of nitrogens with one attached hydrogen (secondary N) is 1. The molecule has 0 saturated carbocycles. The Balaban J connectivity index is 1.89. The minimum absolute atomic E-state index is 0.0802. The van der Waals surface area contributed by atoms with Crippen LogP contribution in [0, 0.1) is 0 Å². The summed E-state index contributed by atoms with van der Waals surface area (Å²) >= 11 is 16.5. The van der Waals surface area contributed by atoms with E-state index >= 15 is 0 Å². The smallest absolute Gasteiger partial charge is 0.234 e. The van der Waals surface area contributed by atoms with Gasteiger partial charge in [0.1, 0.15) is 0 Å². The predicted molar refractivity (Wildman–Crippen MR) is 90.0 cm³/mol. The molecule has 6 heteroatoms. The van der Waals surface area contributed by atoms with Crippen LogP contribution in [-0.2, 0) is 4.79 Å². The summed E-state index contributed by atoms with van der Waals surface area (Å²) in [5.41, 5.74) is 0.680. The third kappa shape index (κ3) is 4.70. The summed E-state index contributed by atoms with van der Waals surface area (Å²) in [4.78, 5) is 12.8. The van der Waals surface area contributed by atoms with Crippen LogP contribution < -0.4 is 5.32 Å². The Labute approximate surface area is 140 Å². The lowest BCUT2D eigenvalue weighted by molar-refractivity contribution is -0.113. The second-order valence-electron chi connectivity index (χ2n) is 3.92. The zero-order valence-electron chi connectivity index (χ0n) is 10.2. The molecule has 0 unspecified atom stereocenters. The molecule has 0 saturated heterocycles. The Hall–Kier alpha value is -0.680. The average Bonchev–Trinajstić information content (AvgIpc) is 2.42. The fraction of sp³-hybridized carbons (Fsp3) is 0.0714. The number of rotatable bonds is 4. The number of amides is 1. The second kappa shape index (κ2) is 7.36. The normalized spacial score (nSPS) is 10.3. The van der Waals surface area contributed by atoms with Crippen molar-refractivity contribution in [2.24, 2.45) is 0 Å². The quantitative estimate of drug-likeness (QED) is 0.699. The number of carbonyl (C=O) groups is 1. The number of carbonyl (C=O) groups excluding carboxylic acids is 1. The molecule has 0 aliphatic rings. The van der Waals surface area contributed by atoms with E-state index in [1.54, 1.807) is 30.3 Å². The molecule has 20 heavy (non-hydrogen) atoms. The summed E-state index contributed by atoms with van der Waals surface area (Å²) in [7, 11) is 0. The molecule has 0 heterocycles. The van der Waals surface area contributed by atoms with E-state index in [1.807, 2.05) is 12.1 Å². The lowest BCUT2D eigenvalue weighted by Crippen LogP contribution is -2.13. The van der Waals surface area contributed by atoms with Crippen LogP contribution in [0.2, 0.25) is 10.0 Å². The van der Waals surface area contributed by atoms with E-state index in [9.17, 15) is 4.79 Å². The number of benzene rings is 2. The van der Waals surface area contributed by atoms with Crippen molar-refractivity contribution in [3.8, 4) is 0 Å². The van der Waals surface area contributed by atoms with Gasteiger partial charge in [-0.25, -0.2) is 0 Å². The Morgan fingerprint density at radius 2 is 1.85 bits per heavy atom. The van der Waals surface area contributed by atoms with Gasteiger partial charge in [0.2, 0.25) is 5.91 Å². The van der Waals surface area contributed by atoms with Crippen molar-refractivity contribution in [3.05, 3.63) is 57.0 Å². The Morgan fingerprint density at radius 1 is 1.15 bits per heavy atom. The van der Waals surface area contributed by atoms with Crippen LogP contribution in [0.1, 0.15) is 0 Å². The first-order valence-electron chi connectivity index (χ1n) is 5.68. The number of hydrogen-bond donors (Lipinski definition) is 1. The van der Waals surface area contributed by atoms with Crippen molar-refractivity contribution in [1.82, 2.24) is 0 Å². The van der Waals surface area contributed by atoms with Crippen molar-refractivity contribution in [3.63, 3.8) is 0 Å². The molecular weight excluding hydrogens is 381 g/mol. The largest absolute Gasteiger partial charge is 0.325 e. The summed E-state index contributed by atoms with van der Waals surface area (Å²) < 4.78 is 0.799. The molecule has 0 fully saturated rings. The zero-order chi connectivity index (χ0) is 14.5. The van der Waals surface area contributed by atoms with Gasteiger partial charge in [-0.05, 0) is 58.4 Å². The van der Waals surface area contributed by atoms with Gasteiger partial charge in [0.05, 0.1) is 10.8 Å². The first kappa shape index (κ1) is 15.7. The maximum Gasteiger partial charge on any atom is 0.234 e. The van der Waals surface area contributed by atoms with Crippen LogP contribution >= 0.6 is 50.9 Å². The third-order valence-electron chi connectivity index (χ3n) is 2.39. The molecule has 0 atom stereocenters. The number of anilines is 1. The molecule has 2 aromatic carbocycles. The fourth-order valence-electron chi connectivity index (χ4n) is 1.45. The Bertz CT molecular complexity index is 619. The molecule has 0 aromatic heterocycles. The fourth-order valence-corrected chi connectivity index (χ4v) is 2.70. The minimum Gasteiger partial charge on any atom is -0.325 e. The molecule has 0 bridgehead atoms. The van der Waals surface area contributed by atoms with Crippen molar-refractivity contribution in [1.29, 1.82) is 0 Å². The van der Waals surface area contributed by atoms with E-state index in [2.05, 4.69) is 21.2 Å². The van der Waals surface area contributed by atoms with Crippen molar-refractivity contribution in [2.75, 3.05) is 11.1 Å². The highest BCUT2D eigenvalue weighted by Crippen LogP contribution is 2.26. The van der Waals surface area contributed by atoms with Crippen molar-refractivity contribution >= 4 is 62.5 Å². The van der Waals surface area contributed by atoms with E-state index in [4.69, 9.17) is 23.2 Å². The van der Waals surface area contributed by atoms with Gasteiger partial charge in [0.15, 0.2) is 0 Å². The molecule has 0 radical (unpaired) electrons. The number of thioether (sulfide) groups is 1. The summed E-state index contributed by atoms with van der Waals surface area (Å²) in [6, 6.07) is 12.7. The van der Waals surface area contributed by atoms with Gasteiger partial charge in [-0.1, -0.05) is 23.2 Å². The summed E-state index contributed by atoms with van der Waals surface area (Å²) in [5.74, 6) is 0.248. The topological polar surface area (TPSA) is 29.1 Å². The third-order valence-corrected chi connectivity index (χ3v) is 4.88. The molecule has 2 aromatic rings. The summed E-state index contributed by atoms with van der Waals surface area (Å²) in [6.07, 6.45) is 0. The Morgan fingerprint density at radius 3 is 2.50 bits per heavy atom. The van der Waals surface area contributed by atoms with Gasteiger partial charge < -0.3 is 5.32 Å². The van der Waals surface area contributed by atoms with Crippen molar-refractivity contribution in [2.45, 2.75) is 4.90 Å². The monoisotopic (exact) mass is 389 g/mol. The Kier molecular flexibility index (Phi) is 5.78. The summed E-state index contributed by atoms with van der Waals surface area (Å²) in [5, 5.41) is 4.05. The highest BCUT2D eigenvalue weighted by molar-refractivity contribution is 9.10. The average molecular weight is 391 g/mol. The van der Waals surface area contributed by atoms with Gasteiger partial charge >= 0.3 is 0 Å². The molecule has 104 valence electrons. The van der Waals surface area contributed by atoms with Crippen LogP contribution in [-0.4, -0.2) is 11.7 Å². The van der Waals surface area contributed by atoms with E-state index in [-0.39, 0.29) is 5.91 Å². The lowest BCUT2D eigenvalue weighted by Gasteiger charge is -2.06. The first-order chi connectivity index (χ1) is 9.54. The number of hydrogen-bond acceptors (Lipinski definition) is 2. The SMILES string of the molecule is O=C(CSc1ccc(Cl)cc1)Nc1ccc(Br)c(Cl)c1. The van der Waals surface area contributed by atoms with E-state index in [1.165, 1.54) is 11.8 Å². The predicted octanol–water partition coefficient (Wildman–Crippen LogP) is 5.49. The van der Waals surface area contributed by atoms with Gasteiger partial charge in [-0.3, -0.25) is 4.79 Å². The van der Waals surface area contributed by atoms with Crippen LogP contribution in [0.25, 0.3) is 0 Å². The molecule has 0 aliphatic heterocycles. The van der Waals surface area contributed by atoms with Crippen LogP contribution in [0.5, 0.6) is 0 Å². The first-order valence-corrected chi connectivity index (χ1v) is 8.21. The standard InChI is InChI=1S/C14H10BrCl2NOS/c15-12-6-3-10(7-13(12)17)18-14(19)8-20-11-4-1-9(16)2-5-11/h1-7H,8H2,(H,18,19). The van der Waals surface area contributed by atoms with E-state index in [0.717, 1.165) is 9.37 Å². The van der Waals surface area contributed by atoms with E-state index in [0.29, 0.717) is 21.5 Å². The van der Waals surface area contributed by atoms with Gasteiger partial charge in [-0.2, -0.15) is 0 Å². The van der Waals surface area contributed by atoms with Crippen LogP contribution in [0.15, 0.2) is 51.8 Å². The highest BCUT2D eigenvalue weighted by Gasteiger charge is 2.05. The minimum atomic E-state index is -0.0802. The van der Waals surface area contributed by atoms with Gasteiger partial charge in [0.25, 0.3) is 0 Å². The molecule has 1 N–H and O–H groups in total. The molecular formula is C14H10BrCl2NOS. The molecule has 2 nitrogen and oxygen atoms in total. The van der Waals surface area contributed by atoms with Gasteiger partial charge in [0, 0.05) is 20.1 Å². The molecule has 1 amide bonds. The molecule has 2 rings (SSSR count).